The Morgan fingerprint density at radius 2 is 1.76 bits per heavy atom. The quantitative estimate of drug-likeness (QED) is 0.473. The number of amides is 1. The number of hydrogen-bond donors (Lipinski definition) is 0. The SMILES string of the molecule is CSc1ccc(C2CC(=O)N(c3sc4c(c3C#N)CCCCCC4)C3=C2C(=O)CCC3)cc1. The zero-order valence-electron chi connectivity index (χ0n) is 19.0. The molecule has 1 aromatic heterocycles. The molecule has 2 aromatic rings. The molecule has 0 saturated heterocycles. The summed E-state index contributed by atoms with van der Waals surface area (Å²) in [5, 5.41) is 10.9. The maximum atomic E-state index is 13.7. The van der Waals surface area contributed by atoms with E-state index in [4.69, 9.17) is 0 Å². The predicted octanol–water partition coefficient (Wildman–Crippen LogP) is 6.53. The highest BCUT2D eigenvalue weighted by Gasteiger charge is 2.41. The molecule has 6 heteroatoms. The number of nitrogens with zero attached hydrogens (tertiary/aromatic N) is 2. The van der Waals surface area contributed by atoms with Crippen LogP contribution in [0.2, 0.25) is 0 Å². The van der Waals surface area contributed by atoms with Crippen LogP contribution in [0.5, 0.6) is 0 Å². The molecule has 1 amide bonds. The summed E-state index contributed by atoms with van der Waals surface area (Å²) in [5.41, 5.74) is 4.47. The van der Waals surface area contributed by atoms with Crippen LogP contribution in [0.15, 0.2) is 40.4 Å². The number of aryl methyl sites for hydroxylation is 1. The number of thioether (sulfide) groups is 1. The van der Waals surface area contributed by atoms with E-state index in [1.165, 1.54) is 22.6 Å². The van der Waals surface area contributed by atoms with E-state index < -0.39 is 0 Å². The van der Waals surface area contributed by atoms with Gasteiger partial charge in [-0.1, -0.05) is 25.0 Å². The first-order valence-corrected chi connectivity index (χ1v) is 13.9. The number of Topliss-reactive ketones (excluding diaryl/α,β-unsaturated/α-hetero) is 1. The molecule has 0 fully saturated rings. The van der Waals surface area contributed by atoms with Crippen molar-refractivity contribution in [1.29, 1.82) is 5.26 Å². The lowest BCUT2D eigenvalue weighted by atomic mass is 9.77. The summed E-state index contributed by atoms with van der Waals surface area (Å²) in [5.74, 6) is -0.0341. The van der Waals surface area contributed by atoms with Gasteiger partial charge in [-0.05, 0) is 68.0 Å². The molecule has 5 rings (SSSR count). The minimum Gasteiger partial charge on any atom is -0.294 e. The van der Waals surface area contributed by atoms with Gasteiger partial charge < -0.3 is 0 Å². The normalized spacial score (nSPS) is 21.2. The second-order valence-electron chi connectivity index (χ2n) is 9.11. The van der Waals surface area contributed by atoms with Crippen LogP contribution in [-0.2, 0) is 22.4 Å². The molecular formula is C27H28N2O2S2. The van der Waals surface area contributed by atoms with Crippen molar-refractivity contribution in [3.8, 4) is 6.07 Å². The van der Waals surface area contributed by atoms with E-state index in [0.717, 1.165) is 59.5 Å². The van der Waals surface area contributed by atoms with Crippen LogP contribution < -0.4 is 4.90 Å². The van der Waals surface area contributed by atoms with Crippen molar-refractivity contribution in [2.45, 2.75) is 75.0 Å². The van der Waals surface area contributed by atoms with Gasteiger partial charge in [0.1, 0.15) is 11.1 Å². The molecule has 0 spiro atoms. The van der Waals surface area contributed by atoms with Gasteiger partial charge in [0.05, 0.1) is 5.56 Å². The van der Waals surface area contributed by atoms with E-state index in [1.807, 2.05) is 6.26 Å². The van der Waals surface area contributed by atoms with Gasteiger partial charge >= 0.3 is 0 Å². The Morgan fingerprint density at radius 3 is 2.48 bits per heavy atom. The second-order valence-corrected chi connectivity index (χ2v) is 11.1. The number of benzene rings is 1. The van der Waals surface area contributed by atoms with Crippen LogP contribution in [-0.4, -0.2) is 17.9 Å². The second kappa shape index (κ2) is 9.48. The molecule has 1 atom stereocenters. The zero-order chi connectivity index (χ0) is 22.9. The average Bonchev–Trinajstić information content (AvgIpc) is 3.14. The first-order chi connectivity index (χ1) is 16.1. The van der Waals surface area contributed by atoms with Crippen molar-refractivity contribution in [1.82, 2.24) is 0 Å². The third-order valence-corrected chi connectivity index (χ3v) is 9.18. The van der Waals surface area contributed by atoms with E-state index in [2.05, 4.69) is 30.3 Å². The van der Waals surface area contributed by atoms with E-state index >= 15 is 0 Å². The van der Waals surface area contributed by atoms with Crippen LogP contribution >= 0.6 is 23.1 Å². The molecule has 0 N–H and O–H groups in total. The minimum absolute atomic E-state index is 0.00751. The molecule has 170 valence electrons. The average molecular weight is 477 g/mol. The van der Waals surface area contributed by atoms with Gasteiger partial charge in [0.25, 0.3) is 0 Å². The van der Waals surface area contributed by atoms with Gasteiger partial charge in [0, 0.05) is 39.8 Å². The Morgan fingerprint density at radius 1 is 1.00 bits per heavy atom. The number of nitriles is 1. The number of carbonyl (C=O) groups excluding carboxylic acids is 2. The number of carbonyl (C=O) groups is 2. The van der Waals surface area contributed by atoms with E-state index in [9.17, 15) is 14.9 Å². The van der Waals surface area contributed by atoms with Crippen molar-refractivity contribution < 1.29 is 9.59 Å². The highest BCUT2D eigenvalue weighted by molar-refractivity contribution is 7.98. The Bertz CT molecular complexity index is 1170. The fourth-order valence-electron chi connectivity index (χ4n) is 5.53. The molecule has 1 aromatic carbocycles. The molecule has 3 aliphatic rings. The zero-order valence-corrected chi connectivity index (χ0v) is 20.6. The van der Waals surface area contributed by atoms with Crippen molar-refractivity contribution in [3.63, 3.8) is 0 Å². The van der Waals surface area contributed by atoms with Crippen LogP contribution in [0.3, 0.4) is 0 Å². The van der Waals surface area contributed by atoms with Crippen LogP contribution in [0, 0.1) is 11.3 Å². The predicted molar refractivity (Wildman–Crippen MR) is 134 cm³/mol. The first kappa shape index (κ1) is 22.4. The lowest BCUT2D eigenvalue weighted by molar-refractivity contribution is -0.119. The summed E-state index contributed by atoms with van der Waals surface area (Å²) in [4.78, 5) is 31.0. The fraction of sp³-hybridized carbons (Fsp3) is 0.444. The maximum Gasteiger partial charge on any atom is 0.232 e. The topological polar surface area (TPSA) is 61.2 Å². The molecule has 0 radical (unpaired) electrons. The van der Waals surface area contributed by atoms with Crippen molar-refractivity contribution in [2.75, 3.05) is 11.2 Å². The summed E-state index contributed by atoms with van der Waals surface area (Å²) in [6.07, 6.45) is 10.8. The van der Waals surface area contributed by atoms with E-state index in [0.29, 0.717) is 18.4 Å². The Labute approximate surface area is 203 Å². The Hall–Kier alpha value is -2.36. The molecule has 1 aliphatic heterocycles. The smallest absolute Gasteiger partial charge is 0.232 e. The fourth-order valence-corrected chi connectivity index (χ4v) is 7.32. The van der Waals surface area contributed by atoms with E-state index in [1.54, 1.807) is 28.0 Å². The first-order valence-electron chi connectivity index (χ1n) is 11.9. The standard InChI is InChI=1S/C27H28N2O2S2/c1-32-18-13-11-17(12-14-18)20-15-25(31)29(22-8-6-9-23(30)26(20)22)27-21(16-28)19-7-4-2-3-5-10-24(19)33-27/h11-14,20H,2-10,15H2,1H3. The number of ketones is 1. The van der Waals surface area contributed by atoms with Crippen molar-refractivity contribution in [3.05, 3.63) is 57.1 Å². The number of hydrogen-bond acceptors (Lipinski definition) is 5. The molecule has 0 bridgehead atoms. The van der Waals surface area contributed by atoms with Crippen LogP contribution in [0.4, 0.5) is 5.00 Å². The summed E-state index contributed by atoms with van der Waals surface area (Å²) in [7, 11) is 0. The highest BCUT2D eigenvalue weighted by atomic mass is 32.2. The van der Waals surface area contributed by atoms with Gasteiger partial charge in [-0.15, -0.1) is 23.1 Å². The van der Waals surface area contributed by atoms with Crippen molar-refractivity contribution >= 4 is 39.8 Å². The highest BCUT2D eigenvalue weighted by Crippen LogP contribution is 2.47. The summed E-state index contributed by atoms with van der Waals surface area (Å²) in [6.45, 7) is 0. The monoisotopic (exact) mass is 476 g/mol. The van der Waals surface area contributed by atoms with Crippen LogP contribution in [0.1, 0.15) is 78.9 Å². The van der Waals surface area contributed by atoms with E-state index in [-0.39, 0.29) is 24.0 Å². The molecular weight excluding hydrogens is 448 g/mol. The largest absolute Gasteiger partial charge is 0.294 e. The minimum atomic E-state index is -0.195. The molecule has 2 aliphatic carbocycles. The number of anilines is 1. The number of fused-ring (bicyclic) bond motifs is 1. The van der Waals surface area contributed by atoms with Crippen molar-refractivity contribution in [2.24, 2.45) is 0 Å². The summed E-state index contributed by atoms with van der Waals surface area (Å²) in [6, 6.07) is 10.7. The van der Waals surface area contributed by atoms with Gasteiger partial charge in [-0.2, -0.15) is 5.26 Å². The van der Waals surface area contributed by atoms with Gasteiger partial charge in [-0.25, -0.2) is 0 Å². The van der Waals surface area contributed by atoms with Crippen LogP contribution in [0.25, 0.3) is 0 Å². The number of rotatable bonds is 3. The van der Waals surface area contributed by atoms with Gasteiger partial charge in [0.2, 0.25) is 5.91 Å². The molecule has 33 heavy (non-hydrogen) atoms. The lowest BCUT2D eigenvalue weighted by Crippen LogP contribution is -2.40. The summed E-state index contributed by atoms with van der Waals surface area (Å²) >= 11 is 3.30. The number of allylic oxidation sites excluding steroid dienone is 2. The number of thiophene rings is 1. The third-order valence-electron chi connectivity index (χ3n) is 7.16. The molecule has 2 heterocycles. The Balaban J connectivity index is 1.63. The molecule has 0 saturated carbocycles. The summed E-state index contributed by atoms with van der Waals surface area (Å²) < 4.78 is 0. The van der Waals surface area contributed by atoms with Gasteiger partial charge in [0.15, 0.2) is 5.78 Å². The Kier molecular flexibility index (Phi) is 6.44. The van der Waals surface area contributed by atoms with Gasteiger partial charge in [-0.3, -0.25) is 14.5 Å². The lowest BCUT2D eigenvalue weighted by Gasteiger charge is -2.37. The third kappa shape index (κ3) is 4.06. The molecule has 1 unspecified atom stereocenters. The molecule has 4 nitrogen and oxygen atoms in total. The maximum absolute atomic E-state index is 13.7.